The number of piperidine rings is 1. The van der Waals surface area contributed by atoms with Gasteiger partial charge in [-0.25, -0.2) is 4.39 Å². The number of benzene rings is 2. The van der Waals surface area contributed by atoms with Gasteiger partial charge < -0.3 is 5.32 Å². The molecule has 1 aliphatic heterocycles. The van der Waals surface area contributed by atoms with Crippen LogP contribution in [-0.2, 0) is 17.1 Å². The summed E-state index contributed by atoms with van der Waals surface area (Å²) in [6.45, 7) is 2.79. The summed E-state index contributed by atoms with van der Waals surface area (Å²) >= 11 is 13.7. The normalized spacial score (nSPS) is 15.4. The largest absolute Gasteiger partial charge is 0.355 e. The summed E-state index contributed by atoms with van der Waals surface area (Å²) in [5.74, 6) is 1.59. The summed E-state index contributed by atoms with van der Waals surface area (Å²) in [6, 6.07) is 12.6. The molecule has 3 nitrogen and oxygen atoms in total. The third-order valence-corrected chi connectivity index (χ3v) is 6.74. The highest BCUT2D eigenvalue weighted by atomic mass is 35.5. The van der Waals surface area contributed by atoms with Crippen LogP contribution in [0, 0.1) is 11.7 Å². The molecule has 1 amide bonds. The zero-order valence-corrected chi connectivity index (χ0v) is 18.5. The number of nitrogens with one attached hydrogen (secondary N) is 1. The van der Waals surface area contributed by atoms with Crippen LogP contribution in [0.1, 0.15) is 24.0 Å². The van der Waals surface area contributed by atoms with Crippen molar-refractivity contribution >= 4 is 40.9 Å². The molecular weight excluding hydrogens is 430 g/mol. The monoisotopic (exact) mass is 454 g/mol. The Balaban J connectivity index is 1.33. The van der Waals surface area contributed by atoms with Gasteiger partial charge in [-0.2, -0.15) is 11.8 Å². The number of halogens is 3. The van der Waals surface area contributed by atoms with Gasteiger partial charge in [-0.3, -0.25) is 9.69 Å². The van der Waals surface area contributed by atoms with E-state index in [9.17, 15) is 9.18 Å². The van der Waals surface area contributed by atoms with Gasteiger partial charge in [0.1, 0.15) is 5.82 Å². The molecule has 1 fully saturated rings. The molecule has 0 bridgehead atoms. The van der Waals surface area contributed by atoms with Gasteiger partial charge in [0.05, 0.1) is 0 Å². The minimum absolute atomic E-state index is 0.0369. The summed E-state index contributed by atoms with van der Waals surface area (Å²) in [4.78, 5) is 14.6. The summed E-state index contributed by atoms with van der Waals surface area (Å²) < 4.78 is 14.0. The molecule has 2 aromatic carbocycles. The molecule has 1 aliphatic rings. The zero-order valence-electron chi connectivity index (χ0n) is 16.2. The third-order valence-electron chi connectivity index (χ3n) is 5.13. The van der Waals surface area contributed by atoms with Crippen molar-refractivity contribution in [3.05, 3.63) is 69.5 Å². The van der Waals surface area contributed by atoms with Crippen LogP contribution in [0.15, 0.2) is 42.5 Å². The van der Waals surface area contributed by atoms with E-state index < -0.39 is 0 Å². The van der Waals surface area contributed by atoms with Crippen LogP contribution < -0.4 is 5.32 Å². The maximum Gasteiger partial charge on any atom is 0.223 e. The lowest BCUT2D eigenvalue weighted by molar-refractivity contribution is -0.126. The Morgan fingerprint density at radius 2 is 1.90 bits per heavy atom. The van der Waals surface area contributed by atoms with Gasteiger partial charge in [0, 0.05) is 46.1 Å². The zero-order chi connectivity index (χ0) is 20.6. The Morgan fingerprint density at radius 3 is 2.62 bits per heavy atom. The second kappa shape index (κ2) is 11.2. The minimum atomic E-state index is -0.272. The molecule has 1 saturated heterocycles. The molecule has 0 saturated carbocycles. The van der Waals surface area contributed by atoms with E-state index in [2.05, 4.69) is 10.2 Å². The van der Waals surface area contributed by atoms with Crippen LogP contribution in [0.5, 0.6) is 0 Å². The van der Waals surface area contributed by atoms with Crippen LogP contribution in [0.25, 0.3) is 0 Å². The van der Waals surface area contributed by atoms with Gasteiger partial charge in [0.2, 0.25) is 5.91 Å². The number of carbonyl (C=O) groups excluding carboxylic acids is 1. The number of likely N-dealkylation sites (tertiary alicyclic amines) is 1. The van der Waals surface area contributed by atoms with Gasteiger partial charge >= 0.3 is 0 Å². The molecule has 1 heterocycles. The van der Waals surface area contributed by atoms with Crippen molar-refractivity contribution in [1.82, 2.24) is 10.2 Å². The fraction of sp³-hybridized carbons (Fsp3) is 0.409. The Morgan fingerprint density at radius 1 is 1.14 bits per heavy atom. The Labute approximate surface area is 185 Å². The number of amides is 1. The van der Waals surface area contributed by atoms with E-state index in [0.717, 1.165) is 48.0 Å². The number of rotatable bonds is 8. The quantitative estimate of drug-likeness (QED) is 0.542. The first-order valence-electron chi connectivity index (χ1n) is 9.78. The molecule has 0 spiro atoms. The predicted octanol–water partition coefficient (Wildman–Crippen LogP) is 5.39. The number of thioether (sulfide) groups is 1. The fourth-order valence-corrected chi connectivity index (χ4v) is 4.74. The molecule has 0 aliphatic carbocycles. The van der Waals surface area contributed by atoms with Gasteiger partial charge in [-0.1, -0.05) is 47.5 Å². The van der Waals surface area contributed by atoms with E-state index >= 15 is 0 Å². The highest BCUT2D eigenvalue weighted by molar-refractivity contribution is 7.98. The average Bonchev–Trinajstić information content (AvgIpc) is 2.71. The molecule has 29 heavy (non-hydrogen) atoms. The van der Waals surface area contributed by atoms with Crippen LogP contribution in [0.2, 0.25) is 10.0 Å². The Hall–Kier alpha value is -1.27. The minimum Gasteiger partial charge on any atom is -0.355 e. The molecular formula is C22H25Cl2FN2OS. The second-order valence-corrected chi connectivity index (χ2v) is 9.17. The van der Waals surface area contributed by atoms with E-state index in [0.29, 0.717) is 23.7 Å². The van der Waals surface area contributed by atoms with Gasteiger partial charge in [-0.15, -0.1) is 0 Å². The molecule has 3 rings (SSSR count). The lowest BCUT2D eigenvalue weighted by Gasteiger charge is -2.31. The smallest absolute Gasteiger partial charge is 0.223 e. The lowest BCUT2D eigenvalue weighted by atomic mass is 9.95. The molecule has 7 heteroatoms. The molecule has 0 atom stereocenters. The Bertz CT molecular complexity index is 828. The summed E-state index contributed by atoms with van der Waals surface area (Å²) in [5.41, 5.74) is 1.77. The molecule has 2 aromatic rings. The molecule has 0 unspecified atom stereocenters. The summed E-state index contributed by atoms with van der Waals surface area (Å²) in [6.07, 6.45) is 1.60. The van der Waals surface area contributed by atoms with Crippen molar-refractivity contribution in [2.24, 2.45) is 5.92 Å². The number of nitrogens with zero attached hydrogens (tertiary/aromatic N) is 1. The van der Waals surface area contributed by atoms with Crippen LogP contribution >= 0.6 is 35.0 Å². The second-order valence-electron chi connectivity index (χ2n) is 7.22. The first-order chi connectivity index (χ1) is 14.0. The van der Waals surface area contributed by atoms with E-state index in [1.165, 1.54) is 6.07 Å². The number of carbonyl (C=O) groups is 1. The van der Waals surface area contributed by atoms with E-state index in [1.54, 1.807) is 23.9 Å². The topological polar surface area (TPSA) is 32.3 Å². The maximum atomic E-state index is 14.0. The van der Waals surface area contributed by atoms with Crippen LogP contribution in [-0.4, -0.2) is 36.2 Å². The van der Waals surface area contributed by atoms with E-state index in [-0.39, 0.29) is 17.6 Å². The third kappa shape index (κ3) is 6.88. The van der Waals surface area contributed by atoms with Gasteiger partial charge in [0.15, 0.2) is 0 Å². The van der Waals surface area contributed by atoms with Crippen molar-refractivity contribution in [2.75, 3.05) is 25.4 Å². The van der Waals surface area contributed by atoms with Crippen molar-refractivity contribution in [3.8, 4) is 0 Å². The SMILES string of the molecule is O=C(NCCSCc1ccccc1Cl)C1CCN(Cc2ccc(Cl)cc2F)CC1. The van der Waals surface area contributed by atoms with Crippen LogP contribution in [0.3, 0.4) is 0 Å². The van der Waals surface area contributed by atoms with E-state index in [1.807, 2.05) is 24.3 Å². The van der Waals surface area contributed by atoms with Crippen molar-refractivity contribution < 1.29 is 9.18 Å². The van der Waals surface area contributed by atoms with Gasteiger partial charge in [-0.05, 0) is 49.7 Å². The first-order valence-corrected chi connectivity index (χ1v) is 11.7. The predicted molar refractivity (Wildman–Crippen MR) is 120 cm³/mol. The number of hydrogen-bond acceptors (Lipinski definition) is 3. The number of hydrogen-bond donors (Lipinski definition) is 1. The van der Waals surface area contributed by atoms with Gasteiger partial charge in [0.25, 0.3) is 0 Å². The lowest BCUT2D eigenvalue weighted by Crippen LogP contribution is -2.40. The fourth-order valence-electron chi connectivity index (χ4n) is 3.43. The molecule has 1 N–H and O–H groups in total. The first kappa shape index (κ1) is 22.4. The summed E-state index contributed by atoms with van der Waals surface area (Å²) in [7, 11) is 0. The Kier molecular flexibility index (Phi) is 8.67. The standard InChI is InChI=1S/C22H25Cl2FN2OS/c23-19-6-5-17(21(25)13-19)14-27-10-7-16(8-11-27)22(28)26-9-12-29-15-18-3-1-2-4-20(18)24/h1-6,13,16H,7-12,14-15H2,(H,26,28). The van der Waals surface area contributed by atoms with Crippen molar-refractivity contribution in [1.29, 1.82) is 0 Å². The van der Waals surface area contributed by atoms with E-state index in [4.69, 9.17) is 23.2 Å². The highest BCUT2D eigenvalue weighted by Gasteiger charge is 2.25. The van der Waals surface area contributed by atoms with Crippen LogP contribution in [0.4, 0.5) is 4.39 Å². The average molecular weight is 455 g/mol. The summed E-state index contributed by atoms with van der Waals surface area (Å²) in [5, 5.41) is 4.24. The van der Waals surface area contributed by atoms with Crippen molar-refractivity contribution in [3.63, 3.8) is 0 Å². The molecule has 156 valence electrons. The molecule has 0 aromatic heterocycles. The van der Waals surface area contributed by atoms with Crippen molar-refractivity contribution in [2.45, 2.75) is 25.1 Å². The maximum absolute atomic E-state index is 14.0. The highest BCUT2D eigenvalue weighted by Crippen LogP contribution is 2.22. The molecule has 0 radical (unpaired) electrons.